The number of hydrogen-bond acceptors (Lipinski definition) is 5. The Labute approximate surface area is 185 Å². The largest absolute Gasteiger partial charge is 0.497 e. The summed E-state index contributed by atoms with van der Waals surface area (Å²) in [5.74, 6) is 0.441. The molecule has 0 aliphatic carbocycles. The van der Waals surface area contributed by atoms with Crippen LogP contribution in [0.2, 0.25) is 0 Å². The smallest absolute Gasteiger partial charge is 0.240 e. The van der Waals surface area contributed by atoms with E-state index in [1.807, 2.05) is 43.3 Å². The second kappa shape index (κ2) is 10.2. The van der Waals surface area contributed by atoms with E-state index in [1.165, 1.54) is 0 Å². The molecule has 1 atom stereocenters. The molecule has 8 heteroatoms. The van der Waals surface area contributed by atoms with Gasteiger partial charge in [0.15, 0.2) is 0 Å². The van der Waals surface area contributed by atoms with Gasteiger partial charge in [-0.25, -0.2) is 8.42 Å². The van der Waals surface area contributed by atoms with E-state index in [0.717, 1.165) is 53.4 Å². The molecule has 2 aromatic rings. The SMILES string of the molecule is COc1cccc(C(CNC(=O)CN(c2ccccc2C)S(C)(=O)=O)N2CCCC2)c1. The first-order chi connectivity index (χ1) is 14.8. The number of aryl methyl sites for hydroxylation is 1. The number of carbonyl (C=O) groups is 1. The predicted octanol–water partition coefficient (Wildman–Crippen LogP) is 2.72. The maximum absolute atomic E-state index is 12.8. The van der Waals surface area contributed by atoms with Crippen LogP contribution in [-0.4, -0.2) is 58.8 Å². The van der Waals surface area contributed by atoms with Crippen molar-refractivity contribution >= 4 is 21.6 Å². The van der Waals surface area contributed by atoms with Crippen molar-refractivity contribution in [3.63, 3.8) is 0 Å². The molecule has 168 valence electrons. The van der Waals surface area contributed by atoms with E-state index >= 15 is 0 Å². The van der Waals surface area contributed by atoms with Gasteiger partial charge in [0.05, 0.1) is 25.1 Å². The van der Waals surface area contributed by atoms with E-state index in [-0.39, 0.29) is 18.5 Å². The molecule has 31 heavy (non-hydrogen) atoms. The van der Waals surface area contributed by atoms with Crippen molar-refractivity contribution < 1.29 is 17.9 Å². The Morgan fingerprint density at radius 1 is 1.16 bits per heavy atom. The molecule has 1 aliphatic heterocycles. The van der Waals surface area contributed by atoms with Crippen molar-refractivity contribution in [2.75, 3.05) is 43.8 Å². The van der Waals surface area contributed by atoms with Gasteiger partial charge in [-0.15, -0.1) is 0 Å². The molecular formula is C23H31N3O4S. The average molecular weight is 446 g/mol. The number of nitrogens with zero attached hydrogens (tertiary/aromatic N) is 2. The molecule has 7 nitrogen and oxygen atoms in total. The van der Waals surface area contributed by atoms with Crippen LogP contribution in [0.1, 0.15) is 30.0 Å². The lowest BCUT2D eigenvalue weighted by Gasteiger charge is -2.29. The third kappa shape index (κ3) is 5.98. The monoisotopic (exact) mass is 445 g/mol. The number of amides is 1. The summed E-state index contributed by atoms with van der Waals surface area (Å²) in [6.45, 7) is 3.91. The fourth-order valence-electron chi connectivity index (χ4n) is 3.98. The normalized spacial score (nSPS) is 15.5. The molecule has 0 spiro atoms. The van der Waals surface area contributed by atoms with Gasteiger partial charge >= 0.3 is 0 Å². The van der Waals surface area contributed by atoms with Gasteiger partial charge in [0.2, 0.25) is 15.9 Å². The van der Waals surface area contributed by atoms with Crippen molar-refractivity contribution in [3.8, 4) is 5.75 Å². The van der Waals surface area contributed by atoms with Crippen LogP contribution >= 0.6 is 0 Å². The summed E-state index contributed by atoms with van der Waals surface area (Å²) in [4.78, 5) is 15.1. The first-order valence-electron chi connectivity index (χ1n) is 10.5. The second-order valence-electron chi connectivity index (χ2n) is 7.90. The fourth-order valence-corrected chi connectivity index (χ4v) is 4.89. The molecule has 1 saturated heterocycles. The van der Waals surface area contributed by atoms with E-state index in [4.69, 9.17) is 4.74 Å². The van der Waals surface area contributed by atoms with Crippen LogP contribution in [0.5, 0.6) is 5.75 Å². The summed E-state index contributed by atoms with van der Waals surface area (Å²) >= 11 is 0. The zero-order valence-electron chi connectivity index (χ0n) is 18.4. The third-order valence-electron chi connectivity index (χ3n) is 5.62. The summed E-state index contributed by atoms with van der Waals surface area (Å²) in [6, 6.07) is 15.0. The molecule has 0 saturated carbocycles. The van der Waals surface area contributed by atoms with E-state index in [1.54, 1.807) is 19.2 Å². The van der Waals surface area contributed by atoms with Crippen molar-refractivity contribution in [3.05, 3.63) is 59.7 Å². The maximum Gasteiger partial charge on any atom is 0.240 e. The van der Waals surface area contributed by atoms with E-state index < -0.39 is 10.0 Å². The quantitative estimate of drug-likeness (QED) is 0.642. The summed E-state index contributed by atoms with van der Waals surface area (Å²) in [7, 11) is -1.97. The molecule has 1 N–H and O–H groups in total. The summed E-state index contributed by atoms with van der Waals surface area (Å²) in [6.07, 6.45) is 3.38. The van der Waals surface area contributed by atoms with Gasteiger partial charge in [0.25, 0.3) is 0 Å². The number of para-hydroxylation sites is 1. The number of hydrogen-bond donors (Lipinski definition) is 1. The number of sulfonamides is 1. The number of methoxy groups -OCH3 is 1. The number of benzene rings is 2. The van der Waals surface area contributed by atoms with E-state index in [2.05, 4.69) is 10.2 Å². The maximum atomic E-state index is 12.8. The minimum absolute atomic E-state index is 0.00620. The lowest BCUT2D eigenvalue weighted by Crippen LogP contribution is -2.43. The molecule has 1 heterocycles. The zero-order chi connectivity index (χ0) is 22.4. The van der Waals surface area contributed by atoms with E-state index in [0.29, 0.717) is 12.2 Å². The highest BCUT2D eigenvalue weighted by Gasteiger charge is 2.26. The van der Waals surface area contributed by atoms with Gasteiger partial charge in [-0.1, -0.05) is 30.3 Å². The van der Waals surface area contributed by atoms with Crippen molar-refractivity contribution in [1.82, 2.24) is 10.2 Å². The first-order valence-corrected chi connectivity index (χ1v) is 12.3. The van der Waals surface area contributed by atoms with Crippen molar-refractivity contribution in [2.24, 2.45) is 0 Å². The lowest BCUT2D eigenvalue weighted by atomic mass is 10.0. The molecule has 1 aliphatic rings. The highest BCUT2D eigenvalue weighted by atomic mass is 32.2. The van der Waals surface area contributed by atoms with Gasteiger partial charge in [-0.3, -0.25) is 14.0 Å². The van der Waals surface area contributed by atoms with E-state index in [9.17, 15) is 13.2 Å². The number of nitrogens with one attached hydrogen (secondary N) is 1. The molecule has 3 rings (SSSR count). The Kier molecular flexibility index (Phi) is 7.56. The summed E-state index contributed by atoms with van der Waals surface area (Å²) < 4.78 is 31.3. The molecule has 0 aromatic heterocycles. The molecule has 0 radical (unpaired) electrons. The van der Waals surface area contributed by atoms with Crippen LogP contribution in [0.25, 0.3) is 0 Å². The average Bonchev–Trinajstić information content (AvgIpc) is 3.27. The molecule has 1 unspecified atom stereocenters. The molecular weight excluding hydrogens is 414 g/mol. The first kappa shape index (κ1) is 23.1. The highest BCUT2D eigenvalue weighted by molar-refractivity contribution is 7.92. The molecule has 0 bridgehead atoms. The number of ether oxygens (including phenoxy) is 1. The van der Waals surface area contributed by atoms with Crippen LogP contribution in [0, 0.1) is 6.92 Å². The number of anilines is 1. The predicted molar refractivity (Wildman–Crippen MR) is 123 cm³/mol. The van der Waals surface area contributed by atoms with Crippen LogP contribution < -0.4 is 14.4 Å². The number of likely N-dealkylation sites (tertiary alicyclic amines) is 1. The molecule has 1 amide bonds. The lowest BCUT2D eigenvalue weighted by molar-refractivity contribution is -0.119. The highest BCUT2D eigenvalue weighted by Crippen LogP contribution is 2.27. The number of carbonyl (C=O) groups excluding carboxylic acids is 1. The van der Waals surface area contributed by atoms with Crippen LogP contribution in [-0.2, 0) is 14.8 Å². The Morgan fingerprint density at radius 3 is 2.52 bits per heavy atom. The second-order valence-corrected chi connectivity index (χ2v) is 9.80. The Hall–Kier alpha value is -2.58. The summed E-state index contributed by atoms with van der Waals surface area (Å²) in [5, 5.41) is 2.96. The molecule has 1 fully saturated rings. The van der Waals surface area contributed by atoms with Gasteiger partial charge < -0.3 is 10.1 Å². The topological polar surface area (TPSA) is 79.0 Å². The van der Waals surface area contributed by atoms with Crippen LogP contribution in [0.15, 0.2) is 48.5 Å². The van der Waals surface area contributed by atoms with Gasteiger partial charge in [0, 0.05) is 6.54 Å². The Balaban J connectivity index is 1.74. The van der Waals surface area contributed by atoms with Crippen LogP contribution in [0.3, 0.4) is 0 Å². The van der Waals surface area contributed by atoms with Gasteiger partial charge in [-0.05, 0) is 62.2 Å². The van der Waals surface area contributed by atoms with Crippen molar-refractivity contribution in [2.45, 2.75) is 25.8 Å². The molecule has 2 aromatic carbocycles. The fraction of sp³-hybridized carbons (Fsp3) is 0.435. The standard InChI is InChI=1S/C23H31N3O4S/c1-18-9-4-5-12-21(18)26(31(3,28)29)17-23(27)24-16-22(25-13-6-7-14-25)19-10-8-11-20(15-19)30-2/h4-5,8-12,15,22H,6-7,13-14,16-17H2,1-3H3,(H,24,27). The Bertz CT molecular complexity index is 1000. The third-order valence-corrected chi connectivity index (χ3v) is 6.75. The number of rotatable bonds is 9. The van der Waals surface area contributed by atoms with Crippen LogP contribution in [0.4, 0.5) is 5.69 Å². The van der Waals surface area contributed by atoms with Crippen molar-refractivity contribution in [1.29, 1.82) is 0 Å². The van der Waals surface area contributed by atoms with Gasteiger partial charge in [-0.2, -0.15) is 0 Å². The minimum atomic E-state index is -3.61. The Morgan fingerprint density at radius 2 is 1.87 bits per heavy atom. The zero-order valence-corrected chi connectivity index (χ0v) is 19.2. The van der Waals surface area contributed by atoms with Gasteiger partial charge in [0.1, 0.15) is 12.3 Å². The summed E-state index contributed by atoms with van der Waals surface area (Å²) in [5.41, 5.74) is 2.39. The minimum Gasteiger partial charge on any atom is -0.497 e.